The Bertz CT molecular complexity index is 743. The molecule has 0 spiro atoms. The molecule has 2 rings (SSSR count). The summed E-state index contributed by atoms with van der Waals surface area (Å²) in [4.78, 5) is 11.6. The number of esters is 1. The summed E-state index contributed by atoms with van der Waals surface area (Å²) in [5.41, 5.74) is 2.40. The van der Waals surface area contributed by atoms with Gasteiger partial charge in [-0.25, -0.2) is 0 Å². The van der Waals surface area contributed by atoms with Crippen molar-refractivity contribution in [3.05, 3.63) is 60.2 Å². The fourth-order valence-electron chi connectivity index (χ4n) is 2.19. The minimum atomic E-state index is -1.14. The van der Waals surface area contributed by atoms with E-state index in [4.69, 9.17) is 5.26 Å². The normalized spacial score (nSPS) is 12.3. The average molecular weight is 305 g/mol. The predicted octanol–water partition coefficient (Wildman–Crippen LogP) is 3.35. The molecule has 0 aliphatic heterocycles. The van der Waals surface area contributed by atoms with Gasteiger partial charge in [0.15, 0.2) is 5.92 Å². The molecule has 0 bridgehead atoms. The standard InChI is InChI=1S/C18H15N3O2/c1-23-18(22)17(12-20)16(11-19)13-7-9-15(10-8-13)21-14-5-3-2-4-6-14/h2-10,16-17,21H,1H3. The molecule has 0 amide bonds. The fraction of sp³-hybridized carbons (Fsp3) is 0.167. The van der Waals surface area contributed by atoms with Gasteiger partial charge in [0.25, 0.3) is 0 Å². The highest BCUT2D eigenvalue weighted by Crippen LogP contribution is 2.27. The van der Waals surface area contributed by atoms with Gasteiger partial charge in [-0.2, -0.15) is 10.5 Å². The van der Waals surface area contributed by atoms with Crippen LogP contribution in [0.4, 0.5) is 11.4 Å². The quantitative estimate of drug-likeness (QED) is 0.856. The van der Waals surface area contributed by atoms with Crippen molar-refractivity contribution in [3.8, 4) is 12.1 Å². The molecule has 5 nitrogen and oxygen atoms in total. The zero-order chi connectivity index (χ0) is 16.7. The number of nitrogens with zero attached hydrogens (tertiary/aromatic N) is 2. The maximum atomic E-state index is 11.6. The zero-order valence-corrected chi connectivity index (χ0v) is 12.6. The molecular formula is C18H15N3O2. The minimum absolute atomic E-state index is 0.600. The minimum Gasteiger partial charge on any atom is -0.468 e. The lowest BCUT2D eigenvalue weighted by Gasteiger charge is -2.14. The summed E-state index contributed by atoms with van der Waals surface area (Å²) in [5, 5.41) is 21.7. The number of rotatable bonds is 5. The Labute approximate surface area is 134 Å². The lowest BCUT2D eigenvalue weighted by molar-refractivity contribution is -0.143. The Balaban J connectivity index is 2.19. The molecule has 5 heteroatoms. The summed E-state index contributed by atoms with van der Waals surface area (Å²) >= 11 is 0. The van der Waals surface area contributed by atoms with Crippen LogP contribution in [0.5, 0.6) is 0 Å². The predicted molar refractivity (Wildman–Crippen MR) is 85.6 cm³/mol. The molecule has 1 N–H and O–H groups in total. The first-order valence-corrected chi connectivity index (χ1v) is 6.98. The lowest BCUT2D eigenvalue weighted by Crippen LogP contribution is -2.21. The Hall–Kier alpha value is -3.31. The second-order valence-corrected chi connectivity index (χ2v) is 4.85. The SMILES string of the molecule is COC(=O)C(C#N)C(C#N)c1ccc(Nc2ccccc2)cc1. The number of hydrogen-bond acceptors (Lipinski definition) is 5. The molecule has 2 atom stereocenters. The van der Waals surface area contributed by atoms with Crippen molar-refractivity contribution in [2.24, 2.45) is 5.92 Å². The van der Waals surface area contributed by atoms with Crippen LogP contribution >= 0.6 is 0 Å². The molecule has 0 aliphatic carbocycles. The third-order valence-electron chi connectivity index (χ3n) is 3.40. The summed E-state index contributed by atoms with van der Waals surface area (Å²) in [7, 11) is 1.20. The summed E-state index contributed by atoms with van der Waals surface area (Å²) in [5.74, 6) is -2.71. The van der Waals surface area contributed by atoms with Crippen molar-refractivity contribution in [1.82, 2.24) is 0 Å². The first kappa shape index (κ1) is 16.1. The van der Waals surface area contributed by atoms with E-state index in [9.17, 15) is 10.1 Å². The third-order valence-corrected chi connectivity index (χ3v) is 3.40. The number of ether oxygens (including phenoxy) is 1. The summed E-state index contributed by atoms with van der Waals surface area (Å²) < 4.78 is 4.59. The molecule has 114 valence electrons. The van der Waals surface area contributed by atoms with Crippen LogP contribution in [0, 0.1) is 28.6 Å². The van der Waals surface area contributed by atoms with E-state index >= 15 is 0 Å². The molecule has 0 saturated heterocycles. The van der Waals surface area contributed by atoms with Gasteiger partial charge in [0, 0.05) is 11.4 Å². The van der Waals surface area contributed by atoms with Crippen LogP contribution in [-0.2, 0) is 9.53 Å². The first-order chi connectivity index (χ1) is 11.2. The zero-order valence-electron chi connectivity index (χ0n) is 12.6. The number of carbonyl (C=O) groups excluding carboxylic acids is 1. The van der Waals surface area contributed by atoms with Crippen LogP contribution in [0.1, 0.15) is 11.5 Å². The summed E-state index contributed by atoms with van der Waals surface area (Å²) in [6.07, 6.45) is 0. The molecule has 0 saturated carbocycles. The second-order valence-electron chi connectivity index (χ2n) is 4.85. The van der Waals surface area contributed by atoms with Crippen molar-refractivity contribution in [1.29, 1.82) is 10.5 Å². The Morgan fingerprint density at radius 3 is 2.13 bits per heavy atom. The number of anilines is 2. The van der Waals surface area contributed by atoms with Crippen molar-refractivity contribution in [2.75, 3.05) is 12.4 Å². The van der Waals surface area contributed by atoms with E-state index in [0.29, 0.717) is 5.56 Å². The summed E-state index contributed by atoms with van der Waals surface area (Å²) in [6, 6.07) is 20.6. The van der Waals surface area contributed by atoms with Crippen LogP contribution in [0.25, 0.3) is 0 Å². The maximum absolute atomic E-state index is 11.6. The van der Waals surface area contributed by atoms with Gasteiger partial charge >= 0.3 is 5.97 Å². The molecule has 23 heavy (non-hydrogen) atoms. The first-order valence-electron chi connectivity index (χ1n) is 6.98. The van der Waals surface area contributed by atoms with Gasteiger partial charge in [0.2, 0.25) is 0 Å². The Kier molecular flexibility index (Phi) is 5.33. The van der Waals surface area contributed by atoms with Gasteiger partial charge in [-0.1, -0.05) is 30.3 Å². The number of hydrogen-bond donors (Lipinski definition) is 1. The summed E-state index contributed by atoms with van der Waals surface area (Å²) in [6.45, 7) is 0. The number of para-hydroxylation sites is 1. The van der Waals surface area contributed by atoms with Gasteiger partial charge in [0.1, 0.15) is 0 Å². The van der Waals surface area contributed by atoms with E-state index in [1.807, 2.05) is 42.5 Å². The fourth-order valence-corrected chi connectivity index (χ4v) is 2.19. The topological polar surface area (TPSA) is 85.9 Å². The molecule has 0 heterocycles. The number of nitriles is 2. The van der Waals surface area contributed by atoms with Crippen molar-refractivity contribution in [2.45, 2.75) is 5.92 Å². The highest BCUT2D eigenvalue weighted by Gasteiger charge is 2.30. The van der Waals surface area contributed by atoms with E-state index in [1.165, 1.54) is 7.11 Å². The molecule has 0 aliphatic rings. The molecule has 0 fully saturated rings. The average Bonchev–Trinajstić information content (AvgIpc) is 2.60. The van der Waals surface area contributed by atoms with Crippen molar-refractivity contribution >= 4 is 17.3 Å². The van der Waals surface area contributed by atoms with Gasteiger partial charge in [-0.15, -0.1) is 0 Å². The Morgan fingerprint density at radius 2 is 1.61 bits per heavy atom. The van der Waals surface area contributed by atoms with Crippen molar-refractivity contribution in [3.63, 3.8) is 0 Å². The third kappa shape index (κ3) is 3.87. The number of methoxy groups -OCH3 is 1. The monoisotopic (exact) mass is 305 g/mol. The lowest BCUT2D eigenvalue weighted by atomic mass is 9.88. The molecule has 2 unspecified atom stereocenters. The molecule has 0 radical (unpaired) electrons. The number of nitrogens with one attached hydrogen (secondary N) is 1. The van der Waals surface area contributed by atoms with E-state index in [-0.39, 0.29) is 0 Å². The Morgan fingerprint density at radius 1 is 1.00 bits per heavy atom. The van der Waals surface area contributed by atoms with E-state index in [0.717, 1.165) is 11.4 Å². The highest BCUT2D eigenvalue weighted by molar-refractivity contribution is 5.77. The van der Waals surface area contributed by atoms with Crippen LogP contribution in [-0.4, -0.2) is 13.1 Å². The van der Waals surface area contributed by atoms with Crippen LogP contribution in [0.3, 0.4) is 0 Å². The molecule has 2 aromatic rings. The number of carbonyl (C=O) groups is 1. The van der Waals surface area contributed by atoms with E-state index in [2.05, 4.69) is 10.1 Å². The highest BCUT2D eigenvalue weighted by atomic mass is 16.5. The maximum Gasteiger partial charge on any atom is 0.324 e. The van der Waals surface area contributed by atoms with Crippen molar-refractivity contribution < 1.29 is 9.53 Å². The van der Waals surface area contributed by atoms with Gasteiger partial charge in [-0.05, 0) is 29.8 Å². The molecule has 0 aromatic heterocycles. The largest absolute Gasteiger partial charge is 0.468 e. The van der Waals surface area contributed by atoms with Gasteiger partial charge in [0.05, 0.1) is 25.2 Å². The van der Waals surface area contributed by atoms with Gasteiger partial charge in [-0.3, -0.25) is 4.79 Å². The van der Waals surface area contributed by atoms with Crippen LogP contribution < -0.4 is 5.32 Å². The molecule has 2 aromatic carbocycles. The van der Waals surface area contributed by atoms with Crippen LogP contribution in [0.2, 0.25) is 0 Å². The number of benzene rings is 2. The van der Waals surface area contributed by atoms with Crippen LogP contribution in [0.15, 0.2) is 54.6 Å². The van der Waals surface area contributed by atoms with E-state index in [1.54, 1.807) is 24.3 Å². The van der Waals surface area contributed by atoms with E-state index < -0.39 is 17.8 Å². The molecular weight excluding hydrogens is 290 g/mol. The smallest absolute Gasteiger partial charge is 0.324 e. The van der Waals surface area contributed by atoms with Gasteiger partial charge < -0.3 is 10.1 Å². The second kappa shape index (κ2) is 7.63.